The number of hydrogen-bond acceptors (Lipinski definition) is 6. The average Bonchev–Trinajstić information content (AvgIpc) is 3.27. The molecule has 0 aliphatic carbocycles. The van der Waals surface area contributed by atoms with Gasteiger partial charge in [-0.1, -0.05) is 12.1 Å². The van der Waals surface area contributed by atoms with Crippen LogP contribution in [0.15, 0.2) is 70.7 Å². The Labute approximate surface area is 179 Å². The summed E-state index contributed by atoms with van der Waals surface area (Å²) in [6.07, 6.45) is 1.37. The number of nitrogens with one attached hydrogen (secondary N) is 1. The zero-order chi connectivity index (χ0) is 22.2. The van der Waals surface area contributed by atoms with E-state index in [2.05, 4.69) is 10.1 Å². The molecule has 0 bridgehead atoms. The number of carbonyl (C=O) groups excluding carboxylic acids is 2. The molecule has 1 N–H and O–H groups in total. The topological polar surface area (TPSA) is 102 Å². The van der Waals surface area contributed by atoms with E-state index in [1.54, 1.807) is 60.7 Å². The number of methoxy groups -OCH3 is 1. The first-order valence-corrected chi connectivity index (χ1v) is 9.48. The van der Waals surface area contributed by atoms with Crippen molar-refractivity contribution < 1.29 is 23.5 Å². The number of ether oxygens (including phenoxy) is 2. The third kappa shape index (κ3) is 5.40. The minimum Gasteiger partial charge on any atom is -0.494 e. The molecular formula is C24H20N2O5. The van der Waals surface area contributed by atoms with Gasteiger partial charge < -0.3 is 19.2 Å². The summed E-state index contributed by atoms with van der Waals surface area (Å²) >= 11 is 0. The lowest BCUT2D eigenvalue weighted by atomic mass is 10.1. The minimum absolute atomic E-state index is 0.101. The van der Waals surface area contributed by atoms with Gasteiger partial charge in [-0.05, 0) is 55.5 Å². The Morgan fingerprint density at radius 1 is 1.06 bits per heavy atom. The normalized spacial score (nSPS) is 10.8. The standard InChI is InChI=1S/C24H20N2O5/c1-3-30-20-10-8-19(9-11-20)26-23(27)18(15-25)14-21-12-13-22(31-21)16-4-6-17(7-5-16)24(28)29-2/h4-14H,3H2,1-2H3,(H,26,27)/b18-14-. The van der Waals surface area contributed by atoms with Crippen molar-refractivity contribution in [3.05, 3.63) is 77.6 Å². The lowest BCUT2D eigenvalue weighted by Crippen LogP contribution is -2.13. The van der Waals surface area contributed by atoms with E-state index in [0.717, 1.165) is 5.56 Å². The summed E-state index contributed by atoms with van der Waals surface area (Å²) in [5.41, 5.74) is 1.61. The smallest absolute Gasteiger partial charge is 0.337 e. The van der Waals surface area contributed by atoms with Gasteiger partial charge in [-0.2, -0.15) is 5.26 Å². The fourth-order valence-electron chi connectivity index (χ4n) is 2.76. The van der Waals surface area contributed by atoms with Crippen molar-refractivity contribution in [3.8, 4) is 23.1 Å². The quantitative estimate of drug-likeness (QED) is 0.341. The van der Waals surface area contributed by atoms with Crippen molar-refractivity contribution in [1.29, 1.82) is 5.26 Å². The number of furan rings is 1. The molecule has 1 heterocycles. The predicted molar refractivity (Wildman–Crippen MR) is 115 cm³/mol. The van der Waals surface area contributed by atoms with Crippen molar-refractivity contribution in [2.45, 2.75) is 6.92 Å². The van der Waals surface area contributed by atoms with E-state index in [-0.39, 0.29) is 5.57 Å². The molecule has 0 saturated carbocycles. The molecule has 1 aromatic heterocycles. The Morgan fingerprint density at radius 3 is 2.39 bits per heavy atom. The highest BCUT2D eigenvalue weighted by Crippen LogP contribution is 2.24. The van der Waals surface area contributed by atoms with Crippen molar-refractivity contribution in [2.24, 2.45) is 0 Å². The van der Waals surface area contributed by atoms with Crippen LogP contribution in [0.2, 0.25) is 0 Å². The van der Waals surface area contributed by atoms with Crippen molar-refractivity contribution >= 4 is 23.6 Å². The number of nitriles is 1. The van der Waals surface area contributed by atoms with Crippen LogP contribution in [0.4, 0.5) is 5.69 Å². The monoisotopic (exact) mass is 416 g/mol. The van der Waals surface area contributed by atoms with Crippen LogP contribution >= 0.6 is 0 Å². The molecule has 0 fully saturated rings. The molecule has 0 aliphatic rings. The van der Waals surface area contributed by atoms with Gasteiger partial charge in [0.05, 0.1) is 19.3 Å². The molecule has 0 aliphatic heterocycles. The van der Waals surface area contributed by atoms with Crippen LogP contribution < -0.4 is 10.1 Å². The Bertz CT molecular complexity index is 1140. The van der Waals surface area contributed by atoms with Gasteiger partial charge in [0.15, 0.2) is 0 Å². The number of hydrogen-bond donors (Lipinski definition) is 1. The van der Waals surface area contributed by atoms with Crippen LogP contribution in [0.3, 0.4) is 0 Å². The molecule has 0 spiro atoms. The van der Waals surface area contributed by atoms with E-state index in [1.807, 2.05) is 13.0 Å². The highest BCUT2D eigenvalue weighted by atomic mass is 16.5. The van der Waals surface area contributed by atoms with Gasteiger partial charge in [0.1, 0.15) is 28.9 Å². The summed E-state index contributed by atoms with van der Waals surface area (Å²) in [7, 11) is 1.32. The maximum absolute atomic E-state index is 12.4. The Balaban J connectivity index is 1.72. The second kappa shape index (κ2) is 9.94. The third-order valence-corrected chi connectivity index (χ3v) is 4.29. The zero-order valence-electron chi connectivity index (χ0n) is 17.0. The van der Waals surface area contributed by atoms with Crippen LogP contribution in [0.1, 0.15) is 23.0 Å². The summed E-state index contributed by atoms with van der Waals surface area (Å²) in [5, 5.41) is 12.1. The van der Waals surface area contributed by atoms with Gasteiger partial charge in [0, 0.05) is 17.3 Å². The number of anilines is 1. The number of carbonyl (C=O) groups is 2. The van der Waals surface area contributed by atoms with Gasteiger partial charge in [-0.15, -0.1) is 0 Å². The lowest BCUT2D eigenvalue weighted by Gasteiger charge is -2.06. The van der Waals surface area contributed by atoms with Gasteiger partial charge in [-0.25, -0.2) is 4.79 Å². The highest BCUT2D eigenvalue weighted by Gasteiger charge is 2.12. The molecule has 3 rings (SSSR count). The predicted octanol–water partition coefficient (Wildman–Crippen LogP) is 4.68. The van der Waals surface area contributed by atoms with Gasteiger partial charge in [-0.3, -0.25) is 4.79 Å². The third-order valence-electron chi connectivity index (χ3n) is 4.29. The molecule has 3 aromatic rings. The van der Waals surface area contributed by atoms with E-state index >= 15 is 0 Å². The number of nitrogens with zero attached hydrogens (tertiary/aromatic N) is 1. The van der Waals surface area contributed by atoms with Crippen molar-refractivity contribution in [1.82, 2.24) is 0 Å². The number of amides is 1. The van der Waals surface area contributed by atoms with E-state index in [0.29, 0.717) is 35.1 Å². The van der Waals surface area contributed by atoms with Crippen LogP contribution in [0, 0.1) is 11.3 Å². The summed E-state index contributed by atoms with van der Waals surface area (Å²) < 4.78 is 15.8. The number of benzene rings is 2. The molecule has 2 aromatic carbocycles. The molecule has 1 amide bonds. The van der Waals surface area contributed by atoms with Crippen LogP contribution in [0.5, 0.6) is 5.75 Å². The first-order valence-electron chi connectivity index (χ1n) is 9.48. The fourth-order valence-corrected chi connectivity index (χ4v) is 2.76. The largest absolute Gasteiger partial charge is 0.494 e. The minimum atomic E-state index is -0.549. The van der Waals surface area contributed by atoms with Crippen LogP contribution in [0.25, 0.3) is 17.4 Å². The Hall–Kier alpha value is -4.31. The van der Waals surface area contributed by atoms with Crippen LogP contribution in [-0.2, 0) is 9.53 Å². The van der Waals surface area contributed by atoms with Crippen molar-refractivity contribution in [3.63, 3.8) is 0 Å². The second-order valence-corrected chi connectivity index (χ2v) is 6.35. The maximum atomic E-state index is 12.4. The molecule has 0 saturated heterocycles. The lowest BCUT2D eigenvalue weighted by molar-refractivity contribution is -0.112. The number of esters is 1. The van der Waals surface area contributed by atoms with E-state index in [4.69, 9.17) is 9.15 Å². The first kappa shape index (κ1) is 21.4. The Kier molecular flexibility index (Phi) is 6.86. The average molecular weight is 416 g/mol. The highest BCUT2D eigenvalue weighted by molar-refractivity contribution is 6.09. The summed E-state index contributed by atoms with van der Waals surface area (Å²) in [6, 6.07) is 18.8. The molecular weight excluding hydrogens is 396 g/mol. The number of rotatable bonds is 7. The summed E-state index contributed by atoms with van der Waals surface area (Å²) in [5.74, 6) is 0.607. The van der Waals surface area contributed by atoms with Crippen LogP contribution in [-0.4, -0.2) is 25.6 Å². The summed E-state index contributed by atoms with van der Waals surface area (Å²) in [6.45, 7) is 2.44. The SMILES string of the molecule is CCOc1ccc(NC(=O)/C(C#N)=C\c2ccc(-c3ccc(C(=O)OC)cc3)o2)cc1. The molecule has 7 nitrogen and oxygen atoms in total. The second-order valence-electron chi connectivity index (χ2n) is 6.35. The molecule has 0 unspecified atom stereocenters. The van der Waals surface area contributed by atoms with Crippen molar-refractivity contribution in [2.75, 3.05) is 19.0 Å². The zero-order valence-corrected chi connectivity index (χ0v) is 17.0. The molecule has 0 radical (unpaired) electrons. The summed E-state index contributed by atoms with van der Waals surface area (Å²) in [4.78, 5) is 24.0. The van der Waals surface area contributed by atoms with Gasteiger partial charge >= 0.3 is 5.97 Å². The van der Waals surface area contributed by atoms with E-state index in [9.17, 15) is 14.9 Å². The molecule has 7 heteroatoms. The van der Waals surface area contributed by atoms with Gasteiger partial charge in [0.25, 0.3) is 5.91 Å². The molecule has 156 valence electrons. The molecule has 0 atom stereocenters. The van der Waals surface area contributed by atoms with E-state index in [1.165, 1.54) is 13.2 Å². The first-order chi connectivity index (χ1) is 15.0. The maximum Gasteiger partial charge on any atom is 0.337 e. The fraction of sp³-hybridized carbons (Fsp3) is 0.125. The molecule has 31 heavy (non-hydrogen) atoms. The Morgan fingerprint density at radius 2 is 1.77 bits per heavy atom. The van der Waals surface area contributed by atoms with E-state index < -0.39 is 11.9 Å². The van der Waals surface area contributed by atoms with Gasteiger partial charge in [0.2, 0.25) is 0 Å².